The normalized spacial score (nSPS) is 22.4. The average Bonchev–Trinajstić information content (AvgIpc) is 3.29. The van der Waals surface area contributed by atoms with Gasteiger partial charge in [0.25, 0.3) is 0 Å². The summed E-state index contributed by atoms with van der Waals surface area (Å²) >= 11 is 1.63. The highest BCUT2D eigenvalue weighted by molar-refractivity contribution is 7.13. The first-order valence-corrected chi connectivity index (χ1v) is 12.0. The zero-order chi connectivity index (χ0) is 21.8. The molecule has 1 aliphatic carbocycles. The molecule has 0 spiro atoms. The number of carbonyl (C=O) groups is 1. The molecule has 5 nitrogen and oxygen atoms in total. The maximum Gasteiger partial charge on any atom is 0.307 e. The maximum absolute atomic E-state index is 12.6. The topological polar surface area (TPSA) is 65.5 Å². The minimum Gasteiger partial charge on any atom is -0.481 e. The van der Waals surface area contributed by atoms with Crippen molar-refractivity contribution in [2.24, 2.45) is 11.8 Å². The molecule has 6 heteroatoms. The quantitative estimate of drug-likeness (QED) is 0.664. The summed E-state index contributed by atoms with van der Waals surface area (Å²) in [6.07, 6.45) is 7.50. The Hall–Kier alpha value is -2.44. The van der Waals surface area contributed by atoms with E-state index < -0.39 is 17.3 Å². The van der Waals surface area contributed by atoms with Gasteiger partial charge in [0.05, 0.1) is 11.6 Å². The number of aliphatic carboxylic acids is 1. The molecule has 0 saturated carbocycles. The van der Waals surface area contributed by atoms with E-state index in [1.165, 1.54) is 0 Å². The van der Waals surface area contributed by atoms with E-state index in [1.54, 1.807) is 11.3 Å². The molecule has 0 amide bonds. The molecule has 0 radical (unpaired) electrons. The lowest BCUT2D eigenvalue weighted by atomic mass is 9.64. The van der Waals surface area contributed by atoms with E-state index in [0.717, 1.165) is 48.1 Å². The van der Waals surface area contributed by atoms with E-state index in [2.05, 4.69) is 53.7 Å². The third-order valence-corrected chi connectivity index (χ3v) is 7.20. The van der Waals surface area contributed by atoms with Gasteiger partial charge in [0.2, 0.25) is 0 Å². The van der Waals surface area contributed by atoms with Gasteiger partial charge >= 0.3 is 5.97 Å². The summed E-state index contributed by atoms with van der Waals surface area (Å²) in [5, 5.41) is 16.8. The van der Waals surface area contributed by atoms with Gasteiger partial charge < -0.3 is 15.3 Å². The first-order valence-electron chi connectivity index (χ1n) is 11.1. The second-order valence-electron chi connectivity index (χ2n) is 8.91. The average molecular weight is 438 g/mol. The summed E-state index contributed by atoms with van der Waals surface area (Å²) < 4.78 is 0. The molecule has 164 valence electrons. The smallest absolute Gasteiger partial charge is 0.307 e. The molecule has 2 aliphatic rings. The molecule has 1 saturated heterocycles. The zero-order valence-corrected chi connectivity index (χ0v) is 19.1. The van der Waals surface area contributed by atoms with Crippen LogP contribution >= 0.6 is 11.3 Å². The number of hydrogen-bond acceptors (Lipinski definition) is 5. The number of nitrogens with zero attached hydrogens (tertiary/aromatic N) is 2. The predicted molar refractivity (Wildman–Crippen MR) is 128 cm³/mol. The van der Waals surface area contributed by atoms with Crippen molar-refractivity contribution in [3.05, 3.63) is 65.2 Å². The van der Waals surface area contributed by atoms with Gasteiger partial charge in [0, 0.05) is 37.0 Å². The van der Waals surface area contributed by atoms with Crippen molar-refractivity contribution in [2.75, 3.05) is 31.1 Å². The summed E-state index contributed by atoms with van der Waals surface area (Å²) in [5.41, 5.74) is 2.54. The van der Waals surface area contributed by atoms with E-state index in [4.69, 9.17) is 4.98 Å². The van der Waals surface area contributed by atoms with Crippen LogP contribution in [0.4, 0.5) is 5.13 Å². The second-order valence-corrected chi connectivity index (χ2v) is 9.74. The van der Waals surface area contributed by atoms with E-state index in [9.17, 15) is 9.90 Å². The standard InChI is InChI=1S/C25H31N3O2S/c1-18(2)15-21(23(29)30)25(10-6-9-20(16-25)19-7-4-3-5-8-19)22-17-31-24(27-22)28-13-11-26-12-14-28/h3-10,17-18,21,26H,11-16H2,1-2H3,(H,29,30). The van der Waals surface area contributed by atoms with E-state index >= 15 is 0 Å². The number of piperazine rings is 1. The van der Waals surface area contributed by atoms with E-state index in [0.29, 0.717) is 12.8 Å². The highest BCUT2D eigenvalue weighted by Crippen LogP contribution is 2.47. The lowest BCUT2D eigenvalue weighted by molar-refractivity contribution is -0.144. The van der Waals surface area contributed by atoms with Gasteiger partial charge in [-0.15, -0.1) is 11.3 Å². The number of aromatic nitrogens is 1. The Morgan fingerprint density at radius 2 is 2.00 bits per heavy atom. The van der Waals surface area contributed by atoms with Gasteiger partial charge in [-0.1, -0.05) is 62.4 Å². The summed E-state index contributed by atoms with van der Waals surface area (Å²) in [7, 11) is 0. The Labute approximate surface area is 188 Å². The van der Waals surface area contributed by atoms with Crippen molar-refractivity contribution in [3.63, 3.8) is 0 Å². The Bertz CT molecular complexity index is 960. The third-order valence-electron chi connectivity index (χ3n) is 6.30. The van der Waals surface area contributed by atoms with Gasteiger partial charge in [0.1, 0.15) is 0 Å². The molecule has 1 aliphatic heterocycles. The Morgan fingerprint density at radius 3 is 2.68 bits per heavy atom. The highest BCUT2D eigenvalue weighted by atomic mass is 32.1. The predicted octanol–water partition coefficient (Wildman–Crippen LogP) is 4.58. The molecule has 4 rings (SSSR count). The number of thiazole rings is 1. The van der Waals surface area contributed by atoms with Gasteiger partial charge in [-0.05, 0) is 29.9 Å². The van der Waals surface area contributed by atoms with Crippen LogP contribution in [0.15, 0.2) is 53.9 Å². The molecule has 0 bridgehead atoms. The minimum absolute atomic E-state index is 0.281. The molecule has 1 aromatic heterocycles. The van der Waals surface area contributed by atoms with Crippen molar-refractivity contribution >= 4 is 28.0 Å². The Balaban J connectivity index is 1.75. The van der Waals surface area contributed by atoms with Crippen LogP contribution in [-0.2, 0) is 10.2 Å². The maximum atomic E-state index is 12.6. The molecule has 1 aromatic carbocycles. The number of carboxylic acid groups (broad SMARTS) is 1. The van der Waals surface area contributed by atoms with Gasteiger partial charge in [-0.25, -0.2) is 4.98 Å². The SMILES string of the molecule is CC(C)CC(C(=O)O)C1(c2csc(N3CCNCC3)n2)C=CC=C(c2ccccc2)C1. The fourth-order valence-corrected chi connectivity index (χ4v) is 5.67. The molecule has 2 unspecified atom stereocenters. The first-order chi connectivity index (χ1) is 15.0. The van der Waals surface area contributed by atoms with Gasteiger partial charge in [-0.3, -0.25) is 4.79 Å². The van der Waals surface area contributed by atoms with Crippen LogP contribution in [0, 0.1) is 11.8 Å². The summed E-state index contributed by atoms with van der Waals surface area (Å²) in [5.74, 6) is -0.998. The Kier molecular flexibility index (Phi) is 6.58. The van der Waals surface area contributed by atoms with Crippen molar-refractivity contribution in [2.45, 2.75) is 32.1 Å². The lowest BCUT2D eigenvalue weighted by Crippen LogP contribution is -2.44. The molecule has 2 atom stereocenters. The fourth-order valence-electron chi connectivity index (χ4n) is 4.70. The first kappa shape index (κ1) is 21.8. The summed E-state index contributed by atoms with van der Waals surface area (Å²) in [6, 6.07) is 10.3. The lowest BCUT2D eigenvalue weighted by Gasteiger charge is -2.38. The summed E-state index contributed by atoms with van der Waals surface area (Å²) in [4.78, 5) is 19.9. The number of hydrogen-bond donors (Lipinski definition) is 2. The highest BCUT2D eigenvalue weighted by Gasteiger charge is 2.46. The van der Waals surface area contributed by atoms with Crippen molar-refractivity contribution in [1.29, 1.82) is 0 Å². The van der Waals surface area contributed by atoms with E-state index in [-0.39, 0.29) is 5.92 Å². The molecule has 2 N–H and O–H groups in total. The number of benzene rings is 1. The molecule has 31 heavy (non-hydrogen) atoms. The molecular formula is C25H31N3O2S. The largest absolute Gasteiger partial charge is 0.481 e. The van der Waals surface area contributed by atoms with Gasteiger partial charge in [0.15, 0.2) is 5.13 Å². The Morgan fingerprint density at radius 1 is 1.26 bits per heavy atom. The molecule has 1 fully saturated rings. The zero-order valence-electron chi connectivity index (χ0n) is 18.3. The molecular weight excluding hydrogens is 406 g/mol. The van der Waals surface area contributed by atoms with Gasteiger partial charge in [-0.2, -0.15) is 0 Å². The van der Waals surface area contributed by atoms with Crippen LogP contribution in [-0.4, -0.2) is 42.2 Å². The van der Waals surface area contributed by atoms with Crippen LogP contribution in [0.3, 0.4) is 0 Å². The minimum atomic E-state index is -0.746. The van der Waals surface area contributed by atoms with Crippen LogP contribution in [0.2, 0.25) is 0 Å². The number of anilines is 1. The number of nitrogens with one attached hydrogen (secondary N) is 1. The molecule has 2 heterocycles. The number of carboxylic acids is 1. The fraction of sp³-hybridized carbons (Fsp3) is 0.440. The van der Waals surface area contributed by atoms with Crippen LogP contribution in [0.5, 0.6) is 0 Å². The van der Waals surface area contributed by atoms with Crippen LogP contribution in [0.25, 0.3) is 5.57 Å². The van der Waals surface area contributed by atoms with Crippen LogP contribution < -0.4 is 10.2 Å². The third kappa shape index (κ3) is 4.60. The monoisotopic (exact) mass is 437 g/mol. The number of rotatable bonds is 7. The second kappa shape index (κ2) is 9.37. The van der Waals surface area contributed by atoms with Crippen molar-refractivity contribution in [1.82, 2.24) is 10.3 Å². The summed E-state index contributed by atoms with van der Waals surface area (Å²) in [6.45, 7) is 7.95. The molecule has 2 aromatic rings. The van der Waals surface area contributed by atoms with Crippen molar-refractivity contribution < 1.29 is 9.90 Å². The number of allylic oxidation sites excluding steroid dienone is 4. The van der Waals surface area contributed by atoms with E-state index in [1.807, 2.05) is 24.3 Å². The van der Waals surface area contributed by atoms with Crippen LogP contribution in [0.1, 0.15) is 37.9 Å². The van der Waals surface area contributed by atoms with Crippen molar-refractivity contribution in [3.8, 4) is 0 Å².